The zero-order valence-corrected chi connectivity index (χ0v) is 19.9. The van der Waals surface area contributed by atoms with Gasteiger partial charge >= 0.3 is 0 Å². The molecule has 0 aromatic carbocycles. The van der Waals surface area contributed by atoms with E-state index in [-0.39, 0.29) is 0 Å². The van der Waals surface area contributed by atoms with Crippen LogP contribution in [0.1, 0.15) is 110 Å². The summed E-state index contributed by atoms with van der Waals surface area (Å²) in [5, 5.41) is 0. The van der Waals surface area contributed by atoms with Gasteiger partial charge in [0, 0.05) is 13.2 Å². The van der Waals surface area contributed by atoms with Crippen molar-refractivity contribution in [1.82, 2.24) is 0 Å². The van der Waals surface area contributed by atoms with Crippen LogP contribution in [-0.2, 0) is 18.9 Å². The van der Waals surface area contributed by atoms with E-state index in [4.69, 9.17) is 18.9 Å². The van der Waals surface area contributed by atoms with Gasteiger partial charge in [-0.25, -0.2) is 0 Å². The number of unbranched alkanes of at least 4 members (excludes halogenated alkanes) is 13. The smallest absolute Gasteiger partial charge is 0.0701 e. The third-order valence-corrected chi connectivity index (χ3v) is 5.15. The molecule has 0 aromatic heterocycles. The number of hydrogen-bond donors (Lipinski definition) is 0. The maximum Gasteiger partial charge on any atom is 0.0701 e. The monoisotopic (exact) mass is 416 g/mol. The Hall–Kier alpha value is -0.160. The van der Waals surface area contributed by atoms with Crippen LogP contribution in [0, 0.1) is 0 Å². The molecule has 0 saturated heterocycles. The fourth-order valence-electron chi connectivity index (χ4n) is 3.26. The molecular formula is C25H52O4. The molecule has 0 atom stereocenters. The van der Waals surface area contributed by atoms with Crippen LogP contribution in [0.5, 0.6) is 0 Å². The minimum absolute atomic E-state index is 0.637. The van der Waals surface area contributed by atoms with Crippen LogP contribution in [0.4, 0.5) is 0 Å². The first kappa shape index (κ1) is 28.8. The highest BCUT2D eigenvalue weighted by Gasteiger charge is 1.95. The Morgan fingerprint density at radius 1 is 0.276 bits per heavy atom. The van der Waals surface area contributed by atoms with Gasteiger partial charge in [-0.05, 0) is 12.8 Å². The van der Waals surface area contributed by atoms with Gasteiger partial charge in [-0.2, -0.15) is 0 Å². The summed E-state index contributed by atoms with van der Waals surface area (Å²) in [4.78, 5) is 0. The Morgan fingerprint density at radius 2 is 0.517 bits per heavy atom. The molecule has 0 heterocycles. The number of rotatable bonds is 26. The van der Waals surface area contributed by atoms with E-state index in [1.165, 1.54) is 96.3 Å². The first-order chi connectivity index (χ1) is 14.4. The summed E-state index contributed by atoms with van der Waals surface area (Å²) in [5.74, 6) is 0. The Balaban J connectivity index is 2.97. The Morgan fingerprint density at radius 3 is 0.828 bits per heavy atom. The molecule has 176 valence electrons. The maximum atomic E-state index is 5.63. The molecule has 29 heavy (non-hydrogen) atoms. The first-order valence-corrected chi connectivity index (χ1v) is 12.7. The lowest BCUT2D eigenvalue weighted by atomic mass is 10.1. The van der Waals surface area contributed by atoms with Crippen LogP contribution in [-0.4, -0.2) is 52.9 Å². The van der Waals surface area contributed by atoms with Gasteiger partial charge in [0.2, 0.25) is 0 Å². The summed E-state index contributed by atoms with van der Waals surface area (Å²) in [6, 6.07) is 0. The second kappa shape index (κ2) is 27.8. The Labute approximate surface area is 182 Å². The predicted octanol–water partition coefficient (Wildman–Crippen LogP) is 6.94. The van der Waals surface area contributed by atoms with E-state index in [9.17, 15) is 0 Å². The van der Waals surface area contributed by atoms with Crippen molar-refractivity contribution in [3.63, 3.8) is 0 Å². The van der Waals surface area contributed by atoms with Gasteiger partial charge in [-0.3, -0.25) is 0 Å². The minimum atomic E-state index is 0.637. The largest absolute Gasteiger partial charge is 0.379 e. The topological polar surface area (TPSA) is 36.9 Å². The lowest BCUT2D eigenvalue weighted by Crippen LogP contribution is -2.12. The van der Waals surface area contributed by atoms with Crippen molar-refractivity contribution in [3.8, 4) is 0 Å². The Bertz CT molecular complexity index is 248. The molecule has 0 aliphatic rings. The van der Waals surface area contributed by atoms with Crippen LogP contribution in [0.15, 0.2) is 0 Å². The van der Waals surface area contributed by atoms with Gasteiger partial charge in [0.15, 0.2) is 0 Å². The van der Waals surface area contributed by atoms with Crippen molar-refractivity contribution in [2.45, 2.75) is 110 Å². The van der Waals surface area contributed by atoms with E-state index in [2.05, 4.69) is 13.8 Å². The zero-order valence-electron chi connectivity index (χ0n) is 19.9. The SMILES string of the molecule is CCCCCCCCCCCCOCCOCCOCCOCCCCCCC. The average molecular weight is 417 g/mol. The molecule has 0 aliphatic carbocycles. The standard InChI is InChI=1S/C25H52O4/c1-3-5-7-9-10-11-12-13-15-17-19-27-21-23-29-25-24-28-22-20-26-18-16-14-8-6-4-2/h3-25H2,1-2H3. The first-order valence-electron chi connectivity index (χ1n) is 12.7. The molecule has 0 amide bonds. The summed E-state index contributed by atoms with van der Waals surface area (Å²) in [6.45, 7) is 10.2. The van der Waals surface area contributed by atoms with Gasteiger partial charge in [-0.1, -0.05) is 97.3 Å². The van der Waals surface area contributed by atoms with Gasteiger partial charge in [0.25, 0.3) is 0 Å². The molecule has 0 aliphatic heterocycles. The highest BCUT2D eigenvalue weighted by Crippen LogP contribution is 2.10. The average Bonchev–Trinajstić information content (AvgIpc) is 2.74. The molecule has 0 saturated carbocycles. The lowest BCUT2D eigenvalue weighted by molar-refractivity contribution is -0.00248. The normalized spacial score (nSPS) is 11.4. The zero-order chi connectivity index (χ0) is 21.1. The lowest BCUT2D eigenvalue weighted by Gasteiger charge is -2.07. The summed E-state index contributed by atoms with van der Waals surface area (Å²) in [7, 11) is 0. The molecule has 4 heteroatoms. The summed E-state index contributed by atoms with van der Waals surface area (Å²) in [6.07, 6.45) is 20.1. The van der Waals surface area contributed by atoms with Crippen molar-refractivity contribution in [3.05, 3.63) is 0 Å². The Kier molecular flexibility index (Phi) is 27.7. The summed E-state index contributed by atoms with van der Waals surface area (Å²) < 4.78 is 22.2. The van der Waals surface area contributed by atoms with Gasteiger partial charge < -0.3 is 18.9 Å². The van der Waals surface area contributed by atoms with E-state index in [1.54, 1.807) is 0 Å². The minimum Gasteiger partial charge on any atom is -0.379 e. The highest BCUT2D eigenvalue weighted by molar-refractivity contribution is 4.47. The van der Waals surface area contributed by atoms with Gasteiger partial charge in [-0.15, -0.1) is 0 Å². The summed E-state index contributed by atoms with van der Waals surface area (Å²) in [5.41, 5.74) is 0. The van der Waals surface area contributed by atoms with E-state index in [0.717, 1.165) is 13.2 Å². The van der Waals surface area contributed by atoms with Gasteiger partial charge in [0.1, 0.15) is 0 Å². The second-order valence-corrected chi connectivity index (χ2v) is 8.05. The van der Waals surface area contributed by atoms with Crippen LogP contribution >= 0.6 is 0 Å². The summed E-state index contributed by atoms with van der Waals surface area (Å²) >= 11 is 0. The number of hydrogen-bond acceptors (Lipinski definition) is 4. The predicted molar refractivity (Wildman–Crippen MR) is 124 cm³/mol. The maximum absolute atomic E-state index is 5.63. The van der Waals surface area contributed by atoms with Crippen molar-refractivity contribution in [2.24, 2.45) is 0 Å². The third kappa shape index (κ3) is 27.8. The molecule has 0 N–H and O–H groups in total. The van der Waals surface area contributed by atoms with E-state index in [1.807, 2.05) is 0 Å². The van der Waals surface area contributed by atoms with E-state index < -0.39 is 0 Å². The van der Waals surface area contributed by atoms with Crippen LogP contribution in [0.2, 0.25) is 0 Å². The molecule has 0 rings (SSSR count). The van der Waals surface area contributed by atoms with Crippen LogP contribution in [0.25, 0.3) is 0 Å². The van der Waals surface area contributed by atoms with Crippen molar-refractivity contribution in [1.29, 1.82) is 0 Å². The molecule has 0 fully saturated rings. The van der Waals surface area contributed by atoms with E-state index in [0.29, 0.717) is 39.6 Å². The van der Waals surface area contributed by atoms with Crippen LogP contribution < -0.4 is 0 Å². The van der Waals surface area contributed by atoms with Gasteiger partial charge in [0.05, 0.1) is 39.6 Å². The highest BCUT2D eigenvalue weighted by atomic mass is 16.6. The third-order valence-electron chi connectivity index (χ3n) is 5.15. The quantitative estimate of drug-likeness (QED) is 0.143. The molecule has 0 radical (unpaired) electrons. The van der Waals surface area contributed by atoms with E-state index >= 15 is 0 Å². The fourth-order valence-corrected chi connectivity index (χ4v) is 3.26. The molecule has 0 unspecified atom stereocenters. The fraction of sp³-hybridized carbons (Fsp3) is 1.00. The molecule has 0 aromatic rings. The molecular weight excluding hydrogens is 364 g/mol. The number of ether oxygens (including phenoxy) is 4. The second-order valence-electron chi connectivity index (χ2n) is 8.05. The van der Waals surface area contributed by atoms with Crippen LogP contribution in [0.3, 0.4) is 0 Å². The molecule has 4 nitrogen and oxygen atoms in total. The van der Waals surface area contributed by atoms with Crippen molar-refractivity contribution >= 4 is 0 Å². The molecule has 0 bridgehead atoms. The van der Waals surface area contributed by atoms with Crippen molar-refractivity contribution in [2.75, 3.05) is 52.9 Å². The van der Waals surface area contributed by atoms with Crippen molar-refractivity contribution < 1.29 is 18.9 Å². The molecule has 0 spiro atoms.